The molecule has 2 aromatic heterocycles. The molecule has 0 unspecified atom stereocenters. The summed E-state index contributed by atoms with van der Waals surface area (Å²) in [5.41, 5.74) is 0.357. The van der Waals surface area contributed by atoms with Gasteiger partial charge in [-0.15, -0.1) is 11.3 Å². The predicted octanol–water partition coefficient (Wildman–Crippen LogP) is 2.60. The van der Waals surface area contributed by atoms with Gasteiger partial charge in [0.2, 0.25) is 15.9 Å². The predicted molar refractivity (Wildman–Crippen MR) is 137 cm³/mol. The van der Waals surface area contributed by atoms with E-state index in [0.717, 1.165) is 4.70 Å². The number of aromatic nitrogens is 1. The van der Waals surface area contributed by atoms with E-state index in [4.69, 9.17) is 9.47 Å². The molecule has 192 valence electrons. The normalized spacial score (nSPS) is 14.5. The number of hydrogen-bond acceptors (Lipinski definition) is 8. The van der Waals surface area contributed by atoms with Gasteiger partial charge in [-0.1, -0.05) is 12.1 Å². The van der Waals surface area contributed by atoms with E-state index in [1.165, 1.54) is 41.1 Å². The van der Waals surface area contributed by atoms with Crippen molar-refractivity contribution in [2.45, 2.75) is 11.8 Å². The summed E-state index contributed by atoms with van der Waals surface area (Å²) >= 11 is 1.26. The lowest BCUT2D eigenvalue weighted by Gasteiger charge is -2.34. The highest BCUT2D eigenvalue weighted by atomic mass is 32.2. The Morgan fingerprint density at radius 1 is 1.08 bits per heavy atom. The Morgan fingerprint density at radius 3 is 2.44 bits per heavy atom. The van der Waals surface area contributed by atoms with E-state index in [0.29, 0.717) is 34.1 Å². The maximum Gasteiger partial charge on any atom is 0.319 e. The van der Waals surface area contributed by atoms with Gasteiger partial charge in [-0.2, -0.15) is 4.31 Å². The van der Waals surface area contributed by atoms with Crippen molar-refractivity contribution in [3.8, 4) is 11.6 Å². The van der Waals surface area contributed by atoms with Crippen LogP contribution in [0.25, 0.3) is 10.1 Å². The fraction of sp³-hybridized carbons (Fsp3) is 0.348. The molecule has 0 atom stereocenters. The fourth-order valence-corrected chi connectivity index (χ4v) is 6.49. The number of anilines is 1. The lowest BCUT2D eigenvalue weighted by molar-refractivity contribution is 0.0701. The van der Waals surface area contributed by atoms with Crippen molar-refractivity contribution in [3.63, 3.8) is 0 Å². The second kappa shape index (κ2) is 10.7. The number of urea groups is 1. The van der Waals surface area contributed by atoms with Crippen molar-refractivity contribution < 1.29 is 27.5 Å². The summed E-state index contributed by atoms with van der Waals surface area (Å²) in [4.78, 5) is 31.6. The van der Waals surface area contributed by atoms with Crippen LogP contribution in [0, 0.1) is 0 Å². The van der Waals surface area contributed by atoms with Crippen molar-refractivity contribution in [2.75, 3.05) is 52.3 Å². The standard InChI is InChI=1S/C23H27N5O6S2/c1-4-24-23(30)26-21-19(16-6-5-7-17(33-2)20(16)35-21)22(29)27-10-12-28(13-11-27)36(31,32)15-8-9-18(34-3)25-14-15/h5-9,14H,4,10-13H2,1-3H3,(H2,24,26,30). The van der Waals surface area contributed by atoms with Crippen molar-refractivity contribution in [2.24, 2.45) is 0 Å². The third kappa shape index (κ3) is 4.94. The minimum absolute atomic E-state index is 0.0624. The Bertz CT molecular complexity index is 1370. The maximum absolute atomic E-state index is 13.7. The van der Waals surface area contributed by atoms with Crippen LogP contribution in [0.15, 0.2) is 41.4 Å². The zero-order chi connectivity index (χ0) is 25.9. The van der Waals surface area contributed by atoms with E-state index in [1.54, 1.807) is 31.1 Å². The zero-order valence-corrected chi connectivity index (χ0v) is 21.7. The molecule has 0 spiro atoms. The smallest absolute Gasteiger partial charge is 0.319 e. The third-order valence-corrected chi connectivity index (χ3v) is 8.78. The van der Waals surface area contributed by atoms with E-state index in [-0.39, 0.29) is 37.0 Å². The van der Waals surface area contributed by atoms with Crippen molar-refractivity contribution in [1.82, 2.24) is 19.5 Å². The lowest BCUT2D eigenvalue weighted by atomic mass is 10.1. The Morgan fingerprint density at radius 2 is 1.83 bits per heavy atom. The SMILES string of the molecule is CCNC(=O)Nc1sc2c(OC)cccc2c1C(=O)N1CCN(S(=O)(=O)c2ccc(OC)nc2)CC1. The van der Waals surface area contributed by atoms with Gasteiger partial charge in [0.05, 0.1) is 30.7 Å². The van der Waals surface area contributed by atoms with Crippen LogP contribution in [-0.4, -0.2) is 81.5 Å². The Kier molecular flexibility index (Phi) is 7.62. The van der Waals surface area contributed by atoms with Crippen LogP contribution in [-0.2, 0) is 10.0 Å². The highest BCUT2D eigenvalue weighted by Crippen LogP contribution is 2.41. The van der Waals surface area contributed by atoms with E-state index < -0.39 is 16.1 Å². The molecule has 3 aromatic rings. The number of benzene rings is 1. The molecule has 0 bridgehead atoms. The molecule has 2 N–H and O–H groups in total. The van der Waals surface area contributed by atoms with Crippen molar-refractivity contribution in [3.05, 3.63) is 42.1 Å². The molecule has 1 aliphatic heterocycles. The summed E-state index contributed by atoms with van der Waals surface area (Å²) in [5, 5.41) is 6.52. The minimum atomic E-state index is -3.77. The lowest BCUT2D eigenvalue weighted by Crippen LogP contribution is -2.50. The van der Waals surface area contributed by atoms with Gasteiger partial charge < -0.3 is 19.7 Å². The average Bonchev–Trinajstić information content (AvgIpc) is 3.26. The van der Waals surface area contributed by atoms with Crippen LogP contribution >= 0.6 is 11.3 Å². The van der Waals surface area contributed by atoms with Gasteiger partial charge in [-0.05, 0) is 19.1 Å². The van der Waals surface area contributed by atoms with Crippen LogP contribution in [0.2, 0.25) is 0 Å². The molecule has 3 heterocycles. The second-order valence-corrected chi connectivity index (χ2v) is 10.8. The first-order valence-electron chi connectivity index (χ1n) is 11.2. The first-order chi connectivity index (χ1) is 17.3. The Balaban J connectivity index is 1.57. The molecule has 1 saturated heterocycles. The molecule has 0 aliphatic carbocycles. The number of hydrogen-bond donors (Lipinski definition) is 2. The van der Waals surface area contributed by atoms with E-state index in [2.05, 4.69) is 15.6 Å². The van der Waals surface area contributed by atoms with Gasteiger partial charge >= 0.3 is 6.03 Å². The molecule has 11 nitrogen and oxygen atoms in total. The van der Waals surface area contributed by atoms with Gasteiger partial charge in [0.25, 0.3) is 5.91 Å². The first kappa shape index (κ1) is 25.7. The fourth-order valence-electron chi connectivity index (χ4n) is 3.94. The number of pyridine rings is 1. The number of rotatable bonds is 7. The summed E-state index contributed by atoms with van der Waals surface area (Å²) in [5.74, 6) is 0.630. The largest absolute Gasteiger partial charge is 0.495 e. The quantitative estimate of drug-likeness (QED) is 0.477. The Labute approximate surface area is 213 Å². The van der Waals surface area contributed by atoms with E-state index in [1.807, 2.05) is 6.07 Å². The molecular weight excluding hydrogens is 506 g/mol. The van der Waals surface area contributed by atoms with Crippen LogP contribution in [0.4, 0.5) is 9.80 Å². The summed E-state index contributed by atoms with van der Waals surface area (Å²) in [6.07, 6.45) is 1.26. The number of amides is 3. The summed E-state index contributed by atoms with van der Waals surface area (Å²) in [6, 6.07) is 7.91. The molecule has 0 saturated carbocycles. The number of sulfonamides is 1. The minimum Gasteiger partial charge on any atom is -0.495 e. The topological polar surface area (TPSA) is 130 Å². The van der Waals surface area contributed by atoms with Crippen LogP contribution < -0.4 is 20.1 Å². The summed E-state index contributed by atoms with van der Waals surface area (Å²) in [6.45, 7) is 2.89. The highest BCUT2D eigenvalue weighted by molar-refractivity contribution is 7.89. The number of fused-ring (bicyclic) bond motifs is 1. The number of thiophene rings is 1. The van der Waals surface area contributed by atoms with E-state index in [9.17, 15) is 18.0 Å². The van der Waals surface area contributed by atoms with Crippen molar-refractivity contribution >= 4 is 48.4 Å². The number of nitrogens with zero attached hydrogens (tertiary/aromatic N) is 3. The number of methoxy groups -OCH3 is 2. The number of carbonyl (C=O) groups excluding carboxylic acids is 2. The summed E-state index contributed by atoms with van der Waals surface area (Å²) < 4.78 is 38.6. The van der Waals surface area contributed by atoms with Crippen LogP contribution in [0.1, 0.15) is 17.3 Å². The molecule has 1 aromatic carbocycles. The monoisotopic (exact) mass is 533 g/mol. The third-order valence-electron chi connectivity index (χ3n) is 5.76. The highest BCUT2D eigenvalue weighted by Gasteiger charge is 2.33. The van der Waals surface area contributed by atoms with Gasteiger partial charge in [0.15, 0.2) is 0 Å². The average molecular weight is 534 g/mol. The molecule has 0 radical (unpaired) electrons. The van der Waals surface area contributed by atoms with Crippen LogP contribution in [0.5, 0.6) is 11.6 Å². The molecule has 36 heavy (non-hydrogen) atoms. The molecule has 3 amide bonds. The van der Waals surface area contributed by atoms with Crippen molar-refractivity contribution in [1.29, 1.82) is 0 Å². The Hall–Kier alpha value is -3.42. The van der Waals surface area contributed by atoms with Gasteiger partial charge in [-0.3, -0.25) is 10.1 Å². The summed E-state index contributed by atoms with van der Waals surface area (Å²) in [7, 11) is -0.765. The molecule has 13 heteroatoms. The van der Waals surface area contributed by atoms with Crippen LogP contribution in [0.3, 0.4) is 0 Å². The zero-order valence-electron chi connectivity index (χ0n) is 20.1. The molecule has 1 aliphatic rings. The molecule has 4 rings (SSSR count). The number of piperazine rings is 1. The number of carbonyl (C=O) groups is 2. The van der Waals surface area contributed by atoms with Gasteiger partial charge in [0, 0.05) is 44.2 Å². The van der Waals surface area contributed by atoms with Gasteiger partial charge in [-0.25, -0.2) is 18.2 Å². The molecule has 1 fully saturated rings. The second-order valence-electron chi connectivity index (χ2n) is 7.86. The first-order valence-corrected chi connectivity index (χ1v) is 13.5. The number of ether oxygens (including phenoxy) is 2. The number of nitrogens with one attached hydrogen (secondary N) is 2. The van der Waals surface area contributed by atoms with Gasteiger partial charge in [0.1, 0.15) is 15.6 Å². The maximum atomic E-state index is 13.7. The van der Waals surface area contributed by atoms with E-state index >= 15 is 0 Å². The molecular formula is C23H27N5O6S2.